The Morgan fingerprint density at radius 1 is 0.389 bits per heavy atom. The van der Waals surface area contributed by atoms with E-state index in [1.807, 2.05) is 0 Å². The van der Waals surface area contributed by atoms with Gasteiger partial charge in [-0.3, -0.25) is 9.59 Å². The van der Waals surface area contributed by atoms with Crippen LogP contribution in [-0.2, 0) is 61.7 Å². The molecule has 6 heterocycles. The minimum atomic E-state index is -2.19. The molecule has 0 aliphatic carbocycles. The molecule has 2 amide bonds. The summed E-state index contributed by atoms with van der Waals surface area (Å²) in [5.74, 6) is -1.61. The second-order valence-corrected chi connectivity index (χ2v) is 18.3. The zero-order valence-corrected chi connectivity index (χ0v) is 38.8. The largest absolute Gasteiger partial charge is 0.394 e. The van der Waals surface area contributed by atoms with E-state index in [4.69, 9.17) is 52.1 Å². The Morgan fingerprint density at radius 2 is 0.806 bits per heavy atom. The van der Waals surface area contributed by atoms with Gasteiger partial charge in [0.1, 0.15) is 140 Å². The highest BCUT2D eigenvalue weighted by atomic mass is 16.8. The first-order valence-electron chi connectivity index (χ1n) is 23.0. The van der Waals surface area contributed by atoms with E-state index in [0.29, 0.717) is 0 Å². The molecule has 0 aromatic heterocycles. The van der Waals surface area contributed by atoms with Crippen LogP contribution < -0.4 is 10.6 Å². The third-order valence-corrected chi connectivity index (χ3v) is 13.2. The molecule has 0 bridgehead atoms. The number of carbonyl (C=O) groups is 2. The molecule has 0 radical (unpaired) electrons. The molecule has 6 saturated heterocycles. The average molecular weight is 1060 g/mol. The van der Waals surface area contributed by atoms with Gasteiger partial charge >= 0.3 is 0 Å². The van der Waals surface area contributed by atoms with Crippen molar-refractivity contribution in [2.45, 2.75) is 205 Å². The molecule has 19 N–H and O–H groups in total. The lowest BCUT2D eigenvalue weighted by molar-refractivity contribution is -0.396. The van der Waals surface area contributed by atoms with Gasteiger partial charge in [0, 0.05) is 13.8 Å². The number of rotatable bonds is 17. The quantitative estimate of drug-likeness (QED) is 0.0643. The van der Waals surface area contributed by atoms with Gasteiger partial charge in [-0.05, 0) is 6.92 Å². The Morgan fingerprint density at radius 3 is 1.38 bits per heavy atom. The van der Waals surface area contributed by atoms with Crippen LogP contribution >= 0.6 is 0 Å². The van der Waals surface area contributed by atoms with E-state index in [1.165, 1.54) is 6.92 Å². The summed E-state index contributed by atoms with van der Waals surface area (Å²) in [5, 5.41) is 186. The number of aliphatic hydroxyl groups is 17. The van der Waals surface area contributed by atoms with E-state index < -0.39 is 229 Å². The van der Waals surface area contributed by atoms with Crippen LogP contribution in [0.15, 0.2) is 0 Å². The van der Waals surface area contributed by atoms with Crippen molar-refractivity contribution in [1.29, 1.82) is 0 Å². The van der Waals surface area contributed by atoms with Crippen molar-refractivity contribution in [2.24, 2.45) is 0 Å². The number of ether oxygens (including phenoxy) is 11. The highest BCUT2D eigenvalue weighted by Crippen LogP contribution is 2.37. The lowest BCUT2D eigenvalue weighted by Crippen LogP contribution is -2.71. The summed E-state index contributed by atoms with van der Waals surface area (Å²) < 4.78 is 63.1. The van der Waals surface area contributed by atoms with Crippen LogP contribution in [0.25, 0.3) is 0 Å². The SMILES string of the molecule is CC(=O)N[C@H]1C(O[C@@H]2[C@H](O)[C@@H](OC3O[C@@H](C)[C@@H](O)[C@@H](O)[C@@H]3O)C(O[C@H]3[C@@H](O)[C@@H](CO)OC(O)[C@@H]3NC(C)=O)O[C@@H]2CO)O[C@H](CO)[C@@H](OC2O[C@H](COC3O[C@H](CO)[C@@H](O)[C@H](O)[C@@H]3O)[C@@H](O)[C@H](O)[C@H]2O)[C@@H]1O. The second kappa shape index (κ2) is 25.3. The van der Waals surface area contributed by atoms with Crippen LogP contribution in [0.1, 0.15) is 20.8 Å². The highest BCUT2D eigenvalue weighted by Gasteiger charge is 2.58. The van der Waals surface area contributed by atoms with E-state index in [0.717, 1.165) is 13.8 Å². The molecular weight excluding hydrogens is 988 g/mol. The molecule has 6 aliphatic heterocycles. The third kappa shape index (κ3) is 12.6. The molecule has 6 rings (SSSR count). The van der Waals surface area contributed by atoms with Crippen LogP contribution in [0.3, 0.4) is 0 Å². The summed E-state index contributed by atoms with van der Waals surface area (Å²) in [4.78, 5) is 24.8. The molecule has 6 fully saturated rings. The Balaban J connectivity index is 1.25. The van der Waals surface area contributed by atoms with E-state index in [-0.39, 0.29) is 0 Å². The minimum absolute atomic E-state index is 0.759. The van der Waals surface area contributed by atoms with Crippen molar-refractivity contribution >= 4 is 11.8 Å². The first kappa shape index (κ1) is 59.1. The Hall–Kier alpha value is -2.18. The topological polar surface area (TPSA) is 504 Å². The Bertz CT molecular complexity index is 1730. The Kier molecular flexibility index (Phi) is 20.8. The average Bonchev–Trinajstić information content (AvgIpc) is 3.34. The molecule has 72 heavy (non-hydrogen) atoms. The van der Waals surface area contributed by atoms with Crippen molar-refractivity contribution in [3.63, 3.8) is 0 Å². The molecule has 32 nitrogen and oxygen atoms in total. The van der Waals surface area contributed by atoms with Gasteiger partial charge in [-0.25, -0.2) is 0 Å². The van der Waals surface area contributed by atoms with Crippen molar-refractivity contribution in [1.82, 2.24) is 10.6 Å². The fraction of sp³-hybridized carbons (Fsp3) is 0.950. The fourth-order valence-electron chi connectivity index (χ4n) is 9.15. The van der Waals surface area contributed by atoms with E-state index in [1.54, 1.807) is 0 Å². The summed E-state index contributed by atoms with van der Waals surface area (Å²) in [7, 11) is 0. The molecule has 0 saturated carbocycles. The molecule has 30 atom stereocenters. The van der Waals surface area contributed by atoms with E-state index in [2.05, 4.69) is 10.6 Å². The van der Waals surface area contributed by atoms with Gasteiger partial charge in [0.2, 0.25) is 11.8 Å². The number of carbonyl (C=O) groups excluding carboxylic acids is 2. The molecule has 418 valence electrons. The summed E-state index contributed by atoms with van der Waals surface area (Å²) in [6, 6.07) is -3.40. The van der Waals surface area contributed by atoms with E-state index in [9.17, 15) is 96.4 Å². The molecule has 6 unspecified atom stereocenters. The zero-order chi connectivity index (χ0) is 53.2. The second-order valence-electron chi connectivity index (χ2n) is 18.3. The number of hydrogen-bond donors (Lipinski definition) is 19. The van der Waals surface area contributed by atoms with Crippen LogP contribution in [0.2, 0.25) is 0 Å². The van der Waals surface area contributed by atoms with Crippen molar-refractivity contribution in [3.8, 4) is 0 Å². The van der Waals surface area contributed by atoms with Gasteiger partial charge in [0.05, 0.1) is 39.1 Å². The first-order chi connectivity index (χ1) is 34.0. The smallest absolute Gasteiger partial charge is 0.217 e. The number of aliphatic hydroxyl groups excluding tert-OH is 17. The lowest BCUT2D eigenvalue weighted by atomic mass is 9.94. The highest BCUT2D eigenvalue weighted by molar-refractivity contribution is 5.73. The first-order valence-corrected chi connectivity index (χ1v) is 23.0. The van der Waals surface area contributed by atoms with Gasteiger partial charge in [-0.1, -0.05) is 0 Å². The Labute approximate surface area is 408 Å². The van der Waals surface area contributed by atoms with Gasteiger partial charge < -0.3 is 150 Å². The van der Waals surface area contributed by atoms with Crippen molar-refractivity contribution in [3.05, 3.63) is 0 Å². The minimum Gasteiger partial charge on any atom is -0.394 e. The van der Waals surface area contributed by atoms with Crippen LogP contribution in [0.4, 0.5) is 0 Å². The number of nitrogens with one attached hydrogen (secondary N) is 2. The molecular formula is C40H68N2O30. The zero-order valence-electron chi connectivity index (χ0n) is 38.8. The standard InChI is InChI=1S/C40H68N2O30/c1-9-19(49)24(54)28(58)38(63-9)72-34-30(60)32(15(7-46)67-40(34)71-33-18(42-11(3)48)35(61)64-13(5-44)22(33)52)69-36-17(41-10(2)47)23(53)31(14(6-45)66-36)70-39-29(59)26(56)21(51)16(68-39)8-62-37-27(57)25(55)20(50)12(4-43)65-37/h9,12-40,43-46,49-61H,4-8H2,1-3H3,(H,41,47)(H,42,48)/t9-,12+,13+,14+,15+,16+,17+,18+,19+,20+,21+,22-,23+,24+,25-,26-,27-,28-,29+,30-,31+,32-,33+,34+,35?,36?,37?,38?,39?,40?/m0/s1. The van der Waals surface area contributed by atoms with Crippen LogP contribution in [0.5, 0.6) is 0 Å². The summed E-state index contributed by atoms with van der Waals surface area (Å²) in [5.41, 5.74) is 0. The molecule has 0 aromatic rings. The maximum atomic E-state index is 12.7. The van der Waals surface area contributed by atoms with E-state index >= 15 is 0 Å². The number of amides is 2. The predicted octanol–water partition coefficient (Wildman–Crippen LogP) is -12.8. The monoisotopic (exact) mass is 1060 g/mol. The maximum Gasteiger partial charge on any atom is 0.217 e. The molecule has 6 aliphatic rings. The number of hydrogen-bond acceptors (Lipinski definition) is 30. The maximum absolute atomic E-state index is 12.7. The van der Waals surface area contributed by atoms with Gasteiger partial charge in [-0.15, -0.1) is 0 Å². The molecule has 0 aromatic carbocycles. The summed E-state index contributed by atoms with van der Waals surface area (Å²) >= 11 is 0. The fourth-order valence-corrected chi connectivity index (χ4v) is 9.15. The van der Waals surface area contributed by atoms with Crippen molar-refractivity contribution in [2.75, 3.05) is 33.0 Å². The third-order valence-electron chi connectivity index (χ3n) is 13.2. The normalized spacial score (nSPS) is 50.3. The van der Waals surface area contributed by atoms with Crippen LogP contribution in [0, 0.1) is 0 Å². The van der Waals surface area contributed by atoms with Crippen molar-refractivity contribution < 1.29 is 149 Å². The van der Waals surface area contributed by atoms with Gasteiger partial charge in [0.15, 0.2) is 37.7 Å². The lowest BCUT2D eigenvalue weighted by Gasteiger charge is -2.51. The molecule has 32 heteroatoms. The van der Waals surface area contributed by atoms with Crippen LogP contribution in [-0.4, -0.2) is 316 Å². The predicted molar refractivity (Wildman–Crippen MR) is 221 cm³/mol. The summed E-state index contributed by atoms with van der Waals surface area (Å²) in [6.45, 7) is -1.22. The van der Waals surface area contributed by atoms with Gasteiger partial charge in [-0.2, -0.15) is 0 Å². The molecule has 0 spiro atoms. The summed E-state index contributed by atoms with van der Waals surface area (Å²) in [6.07, 6.45) is -51.8. The van der Waals surface area contributed by atoms with Gasteiger partial charge in [0.25, 0.3) is 0 Å².